The predicted octanol–water partition coefficient (Wildman–Crippen LogP) is 6.50. The molecule has 0 saturated heterocycles. The van der Waals surface area contributed by atoms with E-state index in [4.69, 9.17) is 6.42 Å². The van der Waals surface area contributed by atoms with Crippen LogP contribution in [-0.2, 0) is 0 Å². The lowest BCUT2D eigenvalue weighted by Gasteiger charge is -2.08. The van der Waals surface area contributed by atoms with E-state index in [-0.39, 0.29) is 0 Å². The first-order valence-corrected chi connectivity index (χ1v) is 12.0. The smallest absolute Gasteiger partial charge is 0.144 e. The van der Waals surface area contributed by atoms with Crippen LogP contribution in [0.15, 0.2) is 60.7 Å². The Morgan fingerprint density at radius 2 is 1.41 bits per heavy atom. The monoisotopic (exact) mass is 390 g/mol. The maximum Gasteiger partial charge on any atom is 0.144 e. The number of hydrogen-bond acceptors (Lipinski definition) is 0. The third-order valence-corrected chi connectivity index (χ3v) is 7.65. The molecule has 0 atom stereocenters. The minimum atomic E-state index is -0.560. The molecule has 0 aliphatic heterocycles. The number of hydrogen-bond donors (Lipinski definition) is 0. The quantitative estimate of drug-likeness (QED) is 0.278. The summed E-state index contributed by atoms with van der Waals surface area (Å²) in [5.41, 5.74) is 10.3. The van der Waals surface area contributed by atoms with E-state index < -0.39 is 8.80 Å². The molecule has 0 spiro atoms. The lowest BCUT2D eigenvalue weighted by molar-refractivity contribution is 1.17. The molecule has 4 aromatic rings. The zero-order valence-electron chi connectivity index (χ0n) is 17.2. The van der Waals surface area contributed by atoms with Crippen LogP contribution in [0.3, 0.4) is 0 Å². The van der Waals surface area contributed by atoms with Gasteiger partial charge in [0.25, 0.3) is 0 Å². The van der Waals surface area contributed by atoms with Crippen molar-refractivity contribution in [1.29, 1.82) is 0 Å². The second-order valence-corrected chi connectivity index (χ2v) is 10.2. The topological polar surface area (TPSA) is 4.93 Å². The molecule has 0 unspecified atom stereocenters. The minimum Gasteiger partial charge on any atom is -0.309 e. The number of rotatable bonds is 3. The van der Waals surface area contributed by atoms with Crippen LogP contribution in [-0.4, -0.2) is 13.4 Å². The summed E-state index contributed by atoms with van der Waals surface area (Å²) in [7, 11) is -0.560. The van der Waals surface area contributed by atoms with Crippen molar-refractivity contribution < 1.29 is 0 Å². The Balaban J connectivity index is 1.98. The first-order chi connectivity index (χ1) is 14.1. The summed E-state index contributed by atoms with van der Waals surface area (Å²) in [5, 5.41) is 2.38. The zero-order valence-corrected chi connectivity index (χ0v) is 18.2. The van der Waals surface area contributed by atoms with E-state index in [1.165, 1.54) is 39.5 Å². The number of terminal acetylenes is 1. The summed E-state index contributed by atoms with van der Waals surface area (Å²) in [5.74, 6) is 6.21. The van der Waals surface area contributed by atoms with Gasteiger partial charge in [-0.15, -0.1) is 12.0 Å². The van der Waals surface area contributed by atoms with Crippen molar-refractivity contribution >= 4 is 30.6 Å². The van der Waals surface area contributed by atoms with Gasteiger partial charge in [-0.05, 0) is 55.5 Å². The van der Waals surface area contributed by atoms with Crippen LogP contribution in [0.5, 0.6) is 0 Å². The highest BCUT2D eigenvalue weighted by atomic mass is 28.3. The second kappa shape index (κ2) is 8.04. The summed E-state index contributed by atoms with van der Waals surface area (Å²) in [6.45, 7) is 6.60. The van der Waals surface area contributed by atoms with E-state index in [0.29, 0.717) is 0 Å². The molecule has 0 aliphatic rings. The molecule has 0 aliphatic carbocycles. The molecule has 1 radical (unpaired) electrons. The summed E-state index contributed by atoms with van der Waals surface area (Å²) < 4.78 is 2.31. The number of nitrogens with zero attached hydrogens (tertiary/aromatic N) is 1. The van der Waals surface area contributed by atoms with E-state index in [9.17, 15) is 0 Å². The Morgan fingerprint density at radius 3 is 2.00 bits per heavy atom. The van der Waals surface area contributed by atoms with E-state index in [0.717, 1.165) is 16.8 Å². The number of aromatic nitrogens is 1. The molecule has 0 fully saturated rings. The van der Waals surface area contributed by atoms with Gasteiger partial charge in [0.05, 0.1) is 11.0 Å². The molecule has 4 rings (SSSR count). The average molecular weight is 391 g/mol. The van der Waals surface area contributed by atoms with E-state index >= 15 is 0 Å². The van der Waals surface area contributed by atoms with Gasteiger partial charge in [0.2, 0.25) is 0 Å². The van der Waals surface area contributed by atoms with Gasteiger partial charge in [-0.1, -0.05) is 55.5 Å². The maximum atomic E-state index is 5.69. The Kier molecular flexibility index (Phi) is 5.30. The van der Waals surface area contributed by atoms with Crippen molar-refractivity contribution in [2.45, 2.75) is 32.9 Å². The molecule has 29 heavy (non-hydrogen) atoms. The molecule has 1 aromatic heterocycles. The van der Waals surface area contributed by atoms with Crippen molar-refractivity contribution in [3.63, 3.8) is 0 Å². The summed E-state index contributed by atoms with van der Waals surface area (Å²) in [4.78, 5) is 0. The van der Waals surface area contributed by atoms with E-state index in [1.54, 1.807) is 0 Å². The molecular formula is C27H24NSi. The number of benzene rings is 3. The second-order valence-electron chi connectivity index (χ2n) is 7.34. The van der Waals surface area contributed by atoms with Gasteiger partial charge >= 0.3 is 0 Å². The lowest BCUT2D eigenvalue weighted by Crippen LogP contribution is -2.04. The molecule has 1 nitrogen and oxygen atoms in total. The van der Waals surface area contributed by atoms with Crippen LogP contribution < -0.4 is 0 Å². The van der Waals surface area contributed by atoms with Crippen molar-refractivity contribution in [2.24, 2.45) is 0 Å². The largest absolute Gasteiger partial charge is 0.309 e. The molecule has 0 bridgehead atoms. The van der Waals surface area contributed by atoms with Crippen molar-refractivity contribution in [1.82, 2.24) is 4.57 Å². The summed E-state index contributed by atoms with van der Waals surface area (Å²) >= 11 is 0. The molecule has 0 saturated carbocycles. The third-order valence-electron chi connectivity index (χ3n) is 5.46. The normalized spacial score (nSPS) is 10.9. The van der Waals surface area contributed by atoms with Crippen LogP contribution in [0.2, 0.25) is 12.1 Å². The van der Waals surface area contributed by atoms with E-state index in [1.807, 2.05) is 6.07 Å². The molecule has 1 heterocycles. The highest BCUT2D eigenvalue weighted by Crippen LogP contribution is 2.33. The molecule has 0 N–H and O–H groups in total. The fourth-order valence-electron chi connectivity index (χ4n) is 3.75. The van der Waals surface area contributed by atoms with Crippen molar-refractivity contribution in [3.05, 3.63) is 77.4 Å². The first kappa shape index (κ1) is 19.1. The van der Waals surface area contributed by atoms with Crippen LogP contribution in [0.4, 0.5) is 0 Å². The Hall–Kier alpha value is -3.20. The van der Waals surface area contributed by atoms with Gasteiger partial charge in [-0.2, -0.15) is 0 Å². The molecule has 0 amide bonds. The number of fused-ring (bicyclic) bond motifs is 3. The van der Waals surface area contributed by atoms with Gasteiger partial charge in [-0.25, -0.2) is 0 Å². The van der Waals surface area contributed by atoms with Gasteiger partial charge in [-0.3, -0.25) is 0 Å². The van der Waals surface area contributed by atoms with Crippen LogP contribution in [0, 0.1) is 30.7 Å². The van der Waals surface area contributed by atoms with E-state index in [2.05, 4.69) is 97.3 Å². The lowest BCUT2D eigenvalue weighted by atomic mass is 10.1. The Morgan fingerprint density at radius 1 is 0.828 bits per heavy atom. The minimum absolute atomic E-state index is 0.560. The van der Waals surface area contributed by atoms with Crippen LogP contribution in [0.1, 0.15) is 30.5 Å². The fraction of sp³-hybridized carbons (Fsp3) is 0.185. The highest BCUT2D eigenvalue weighted by Gasteiger charge is 2.13. The van der Waals surface area contributed by atoms with Gasteiger partial charge in [0, 0.05) is 27.6 Å². The standard InChI is InChI=1S/C27H24NSi/c1-5-21-10-14-26-24(18-21)25-19-22(16-17-29(6-2)7-3)11-15-27(25)28(26)23-12-8-20(4)9-13-23/h1,8-15,18-19H,6-7H2,2-4H3. The van der Waals surface area contributed by atoms with Gasteiger partial charge in [0.15, 0.2) is 0 Å². The SMILES string of the molecule is C#Cc1ccc2c(c1)c1cc(C#C[Si](CC)CC)ccc1n2-c1ccc(C)cc1. The predicted molar refractivity (Wildman–Crippen MR) is 127 cm³/mol. The van der Waals surface area contributed by atoms with Crippen molar-refractivity contribution in [2.75, 3.05) is 0 Å². The zero-order chi connectivity index (χ0) is 20.4. The van der Waals surface area contributed by atoms with Gasteiger partial charge in [0.1, 0.15) is 8.80 Å². The number of aryl methyl sites for hydroxylation is 1. The fourth-order valence-corrected chi connectivity index (χ4v) is 4.92. The van der Waals surface area contributed by atoms with Gasteiger partial charge < -0.3 is 4.57 Å². The molecule has 3 aromatic carbocycles. The summed E-state index contributed by atoms with van der Waals surface area (Å²) in [6.07, 6.45) is 5.69. The van der Waals surface area contributed by atoms with Crippen molar-refractivity contribution in [3.8, 4) is 29.5 Å². The Labute approximate surface area is 175 Å². The van der Waals surface area contributed by atoms with Crippen LogP contribution >= 0.6 is 0 Å². The Bertz CT molecular complexity index is 1290. The first-order valence-electron chi connectivity index (χ1n) is 10.1. The summed E-state index contributed by atoms with van der Waals surface area (Å²) in [6, 6.07) is 23.9. The average Bonchev–Trinajstić information content (AvgIpc) is 3.08. The molecular weight excluding hydrogens is 366 g/mol. The maximum absolute atomic E-state index is 5.69. The molecule has 2 heteroatoms. The molecule has 141 valence electrons. The van der Waals surface area contributed by atoms with Crippen LogP contribution in [0.25, 0.3) is 27.5 Å². The third kappa shape index (κ3) is 3.60. The highest BCUT2D eigenvalue weighted by molar-refractivity contribution is 6.67.